The van der Waals surface area contributed by atoms with Gasteiger partial charge in [0, 0.05) is 3.57 Å². The Bertz CT molecular complexity index is 339. The molecule has 0 saturated heterocycles. The molecule has 0 aliphatic heterocycles. The van der Waals surface area contributed by atoms with Crippen LogP contribution in [0.15, 0.2) is 18.2 Å². The molecule has 0 spiro atoms. The number of hydrogen-bond acceptors (Lipinski definition) is 3. The third-order valence-electron chi connectivity index (χ3n) is 1.81. The van der Waals surface area contributed by atoms with E-state index in [1.165, 1.54) is 7.11 Å². The number of carbonyl (C=O) groups is 1. The Balaban J connectivity index is 3.00. The van der Waals surface area contributed by atoms with Crippen LogP contribution in [0.25, 0.3) is 0 Å². The molecule has 0 aliphatic rings. The molecule has 1 aromatic carbocycles. The van der Waals surface area contributed by atoms with E-state index in [9.17, 15) is 4.79 Å². The molecule has 0 saturated carbocycles. The lowest BCUT2D eigenvalue weighted by Crippen LogP contribution is -2.06. The molecular weight excluding hydrogens is 293 g/mol. The summed E-state index contributed by atoms with van der Waals surface area (Å²) in [5, 5.41) is 0. The van der Waals surface area contributed by atoms with E-state index in [-0.39, 0.29) is 5.97 Å². The SMILES string of the molecule is COC(=O)c1cc(I)cc(CCN)c1. The van der Waals surface area contributed by atoms with E-state index in [0.717, 1.165) is 15.6 Å². The summed E-state index contributed by atoms with van der Waals surface area (Å²) in [5.41, 5.74) is 7.11. The molecule has 0 aliphatic carbocycles. The van der Waals surface area contributed by atoms with E-state index in [2.05, 4.69) is 27.3 Å². The minimum Gasteiger partial charge on any atom is -0.465 e. The van der Waals surface area contributed by atoms with Crippen LogP contribution in [-0.4, -0.2) is 19.6 Å². The number of methoxy groups -OCH3 is 1. The van der Waals surface area contributed by atoms with Crippen LogP contribution in [0.1, 0.15) is 15.9 Å². The van der Waals surface area contributed by atoms with Crippen LogP contribution in [-0.2, 0) is 11.2 Å². The van der Waals surface area contributed by atoms with Gasteiger partial charge < -0.3 is 10.5 Å². The van der Waals surface area contributed by atoms with Crippen LogP contribution in [0.3, 0.4) is 0 Å². The van der Waals surface area contributed by atoms with Crippen molar-refractivity contribution in [3.63, 3.8) is 0 Å². The van der Waals surface area contributed by atoms with Gasteiger partial charge in [-0.3, -0.25) is 0 Å². The van der Waals surface area contributed by atoms with Crippen molar-refractivity contribution < 1.29 is 9.53 Å². The van der Waals surface area contributed by atoms with Gasteiger partial charge in [0.25, 0.3) is 0 Å². The monoisotopic (exact) mass is 305 g/mol. The third-order valence-corrected chi connectivity index (χ3v) is 2.43. The van der Waals surface area contributed by atoms with Crippen molar-refractivity contribution in [1.82, 2.24) is 0 Å². The number of carbonyl (C=O) groups excluding carboxylic acids is 1. The van der Waals surface area contributed by atoms with Gasteiger partial charge in [0.05, 0.1) is 12.7 Å². The maximum Gasteiger partial charge on any atom is 0.337 e. The fraction of sp³-hybridized carbons (Fsp3) is 0.300. The first-order valence-electron chi connectivity index (χ1n) is 4.25. The van der Waals surface area contributed by atoms with E-state index in [1.54, 1.807) is 6.07 Å². The fourth-order valence-corrected chi connectivity index (χ4v) is 1.93. The lowest BCUT2D eigenvalue weighted by atomic mass is 10.1. The Morgan fingerprint density at radius 2 is 2.21 bits per heavy atom. The number of esters is 1. The molecule has 76 valence electrons. The van der Waals surface area contributed by atoms with Gasteiger partial charge in [-0.15, -0.1) is 0 Å². The lowest BCUT2D eigenvalue weighted by Gasteiger charge is -2.04. The lowest BCUT2D eigenvalue weighted by molar-refractivity contribution is 0.0600. The van der Waals surface area contributed by atoms with E-state index in [0.29, 0.717) is 12.1 Å². The zero-order valence-corrected chi connectivity index (χ0v) is 10.1. The standard InChI is InChI=1S/C10H12INO2/c1-14-10(13)8-4-7(2-3-12)5-9(11)6-8/h4-6H,2-3,12H2,1H3. The van der Waals surface area contributed by atoms with Crippen molar-refractivity contribution in [2.24, 2.45) is 5.73 Å². The van der Waals surface area contributed by atoms with Gasteiger partial charge in [-0.1, -0.05) is 0 Å². The van der Waals surface area contributed by atoms with E-state index >= 15 is 0 Å². The van der Waals surface area contributed by atoms with Gasteiger partial charge in [-0.2, -0.15) is 0 Å². The van der Waals surface area contributed by atoms with Crippen LogP contribution in [0, 0.1) is 3.57 Å². The molecule has 0 bridgehead atoms. The average Bonchev–Trinajstić information content (AvgIpc) is 2.16. The Kier molecular flexibility index (Phi) is 4.34. The minimum absolute atomic E-state index is 0.304. The fourth-order valence-electron chi connectivity index (χ4n) is 1.20. The molecule has 0 heterocycles. The first kappa shape index (κ1) is 11.5. The van der Waals surface area contributed by atoms with Crippen molar-refractivity contribution in [2.75, 3.05) is 13.7 Å². The van der Waals surface area contributed by atoms with Gasteiger partial charge in [0.1, 0.15) is 0 Å². The van der Waals surface area contributed by atoms with Crippen LogP contribution < -0.4 is 5.73 Å². The van der Waals surface area contributed by atoms with Gasteiger partial charge in [0.15, 0.2) is 0 Å². The van der Waals surface area contributed by atoms with Crippen LogP contribution in [0.4, 0.5) is 0 Å². The molecule has 1 rings (SSSR count). The highest BCUT2D eigenvalue weighted by atomic mass is 127. The zero-order chi connectivity index (χ0) is 10.6. The van der Waals surface area contributed by atoms with Gasteiger partial charge in [-0.25, -0.2) is 4.79 Å². The summed E-state index contributed by atoms with van der Waals surface area (Å²) in [6.45, 7) is 0.584. The quantitative estimate of drug-likeness (QED) is 0.681. The normalized spacial score (nSPS) is 9.93. The Labute approximate surface area is 96.8 Å². The summed E-state index contributed by atoms with van der Waals surface area (Å²) in [6, 6.07) is 5.63. The molecular formula is C10H12INO2. The summed E-state index contributed by atoms with van der Waals surface area (Å²) in [4.78, 5) is 11.3. The maximum absolute atomic E-state index is 11.3. The molecule has 14 heavy (non-hydrogen) atoms. The highest BCUT2D eigenvalue weighted by Crippen LogP contribution is 2.13. The Morgan fingerprint density at radius 3 is 2.79 bits per heavy atom. The number of hydrogen-bond donors (Lipinski definition) is 1. The summed E-state index contributed by atoms with van der Waals surface area (Å²) >= 11 is 2.17. The number of halogens is 1. The second kappa shape index (κ2) is 5.31. The molecule has 0 fully saturated rings. The summed E-state index contributed by atoms with van der Waals surface area (Å²) < 4.78 is 5.67. The second-order valence-electron chi connectivity index (χ2n) is 2.88. The summed E-state index contributed by atoms with van der Waals surface area (Å²) in [7, 11) is 1.38. The Hall–Kier alpha value is -0.620. The van der Waals surface area contributed by atoms with Crippen molar-refractivity contribution in [2.45, 2.75) is 6.42 Å². The second-order valence-corrected chi connectivity index (χ2v) is 4.12. The van der Waals surface area contributed by atoms with Crippen molar-refractivity contribution in [3.8, 4) is 0 Å². The Morgan fingerprint density at radius 1 is 1.50 bits per heavy atom. The van der Waals surface area contributed by atoms with Crippen LogP contribution >= 0.6 is 22.6 Å². The number of ether oxygens (including phenoxy) is 1. The first-order chi connectivity index (χ1) is 6.67. The van der Waals surface area contributed by atoms with Gasteiger partial charge >= 0.3 is 5.97 Å². The van der Waals surface area contributed by atoms with Gasteiger partial charge in [0.2, 0.25) is 0 Å². The third kappa shape index (κ3) is 2.95. The van der Waals surface area contributed by atoms with Crippen molar-refractivity contribution >= 4 is 28.6 Å². The molecule has 0 aromatic heterocycles. The van der Waals surface area contributed by atoms with E-state index < -0.39 is 0 Å². The largest absolute Gasteiger partial charge is 0.465 e. The van der Waals surface area contributed by atoms with Crippen molar-refractivity contribution in [1.29, 1.82) is 0 Å². The predicted molar refractivity (Wildman–Crippen MR) is 63.3 cm³/mol. The molecule has 3 nitrogen and oxygen atoms in total. The topological polar surface area (TPSA) is 52.3 Å². The molecule has 2 N–H and O–H groups in total. The van der Waals surface area contributed by atoms with Crippen LogP contribution in [0.5, 0.6) is 0 Å². The molecule has 0 radical (unpaired) electrons. The number of nitrogens with two attached hydrogens (primary N) is 1. The van der Waals surface area contributed by atoms with Crippen molar-refractivity contribution in [3.05, 3.63) is 32.9 Å². The van der Waals surface area contributed by atoms with E-state index in [1.807, 2.05) is 12.1 Å². The van der Waals surface area contributed by atoms with E-state index in [4.69, 9.17) is 5.73 Å². The van der Waals surface area contributed by atoms with Gasteiger partial charge in [-0.05, 0) is 59.3 Å². The number of rotatable bonds is 3. The highest BCUT2D eigenvalue weighted by Gasteiger charge is 2.07. The zero-order valence-electron chi connectivity index (χ0n) is 7.92. The smallest absolute Gasteiger partial charge is 0.337 e. The van der Waals surface area contributed by atoms with Crippen LogP contribution in [0.2, 0.25) is 0 Å². The average molecular weight is 305 g/mol. The molecule has 0 amide bonds. The maximum atomic E-state index is 11.3. The minimum atomic E-state index is -0.304. The molecule has 4 heteroatoms. The molecule has 1 aromatic rings. The molecule has 0 unspecified atom stereocenters. The summed E-state index contributed by atoms with van der Waals surface area (Å²) in [5.74, 6) is -0.304. The molecule has 0 atom stereocenters. The predicted octanol–water partition coefficient (Wildman–Crippen LogP) is 1.58. The highest BCUT2D eigenvalue weighted by molar-refractivity contribution is 14.1. The first-order valence-corrected chi connectivity index (χ1v) is 5.33. The number of benzene rings is 1. The summed E-state index contributed by atoms with van der Waals surface area (Å²) in [6.07, 6.45) is 0.779.